The van der Waals surface area contributed by atoms with Crippen LogP contribution >= 0.6 is 23.8 Å². The molecule has 0 bridgehead atoms. The quantitative estimate of drug-likeness (QED) is 0.589. The number of thiocarbonyl (C=S) groups is 1. The van der Waals surface area contributed by atoms with Gasteiger partial charge in [-0.2, -0.15) is 5.26 Å². The van der Waals surface area contributed by atoms with Gasteiger partial charge < -0.3 is 4.74 Å². The van der Waals surface area contributed by atoms with Gasteiger partial charge in [-0.15, -0.1) is 0 Å². The summed E-state index contributed by atoms with van der Waals surface area (Å²) in [6.45, 7) is 4.10. The van der Waals surface area contributed by atoms with Crippen molar-refractivity contribution >= 4 is 28.9 Å². The predicted molar refractivity (Wildman–Crippen MR) is 62.0 cm³/mol. The fourth-order valence-corrected chi connectivity index (χ4v) is 1.62. The summed E-state index contributed by atoms with van der Waals surface area (Å²) in [6.07, 6.45) is 0. The Kier molecular flexibility index (Phi) is 4.01. The summed E-state index contributed by atoms with van der Waals surface area (Å²) in [5, 5.41) is 9.32. The maximum atomic E-state index is 8.79. The Bertz CT molecular complexity index is 440. The Morgan fingerprint density at radius 1 is 1.73 bits per heavy atom. The lowest BCUT2D eigenvalue weighted by molar-refractivity contribution is 0.337. The highest BCUT2D eigenvalue weighted by molar-refractivity contribution is 7.80. The molecule has 0 spiro atoms. The first kappa shape index (κ1) is 11.9. The van der Waals surface area contributed by atoms with E-state index in [2.05, 4.69) is 4.98 Å². The first-order chi connectivity index (χ1) is 7.10. The van der Waals surface area contributed by atoms with Crippen molar-refractivity contribution in [1.82, 2.24) is 4.98 Å². The molecule has 1 aromatic rings. The fraction of sp³-hybridized carbons (Fsp3) is 0.300. The minimum Gasteiger partial charge on any atom is -0.483 e. The minimum absolute atomic E-state index is 0.193. The largest absolute Gasteiger partial charge is 0.483 e. The molecule has 0 aromatic carbocycles. The van der Waals surface area contributed by atoms with Gasteiger partial charge in [-0.1, -0.05) is 11.6 Å². The molecule has 0 aliphatic rings. The van der Waals surface area contributed by atoms with E-state index in [1.807, 2.05) is 13.0 Å². The van der Waals surface area contributed by atoms with E-state index in [9.17, 15) is 0 Å². The number of hydrogen-bond acceptors (Lipinski definition) is 4. The average molecular weight is 241 g/mol. The highest BCUT2D eigenvalue weighted by Crippen LogP contribution is 2.17. The van der Waals surface area contributed by atoms with Gasteiger partial charge in [0.05, 0.1) is 23.4 Å². The van der Waals surface area contributed by atoms with Crippen molar-refractivity contribution in [3.8, 4) is 6.07 Å². The zero-order valence-corrected chi connectivity index (χ0v) is 9.95. The summed E-state index contributed by atoms with van der Waals surface area (Å²) in [4.78, 5) is 4.02. The van der Waals surface area contributed by atoms with Gasteiger partial charge in [0, 0.05) is 0 Å². The van der Waals surface area contributed by atoms with Crippen LogP contribution in [-0.4, -0.2) is 16.6 Å². The lowest BCUT2D eigenvalue weighted by Crippen LogP contribution is -2.07. The molecule has 5 heteroatoms. The van der Waals surface area contributed by atoms with Gasteiger partial charge in [0.25, 0.3) is 0 Å². The first-order valence-electron chi connectivity index (χ1n) is 4.34. The van der Waals surface area contributed by atoms with Gasteiger partial charge in [0.15, 0.2) is 5.05 Å². The van der Waals surface area contributed by atoms with Crippen LogP contribution in [0.4, 0.5) is 0 Å². The van der Waals surface area contributed by atoms with Gasteiger partial charge in [-0.05, 0) is 32.1 Å². The van der Waals surface area contributed by atoms with E-state index in [0.29, 0.717) is 28.5 Å². The molecular weight excluding hydrogens is 232 g/mol. The number of aryl methyl sites for hydroxylation is 1. The van der Waals surface area contributed by atoms with Crippen molar-refractivity contribution in [3.05, 3.63) is 28.0 Å². The SMILES string of the molecule is CCOC(=S)c1cc(C#N)c(Cl)nc1C. The van der Waals surface area contributed by atoms with Crippen LogP contribution in [0.1, 0.15) is 23.7 Å². The second kappa shape index (κ2) is 5.06. The molecule has 3 nitrogen and oxygen atoms in total. The van der Waals surface area contributed by atoms with Gasteiger partial charge >= 0.3 is 0 Å². The average Bonchev–Trinajstić information content (AvgIpc) is 2.18. The Labute approximate surface area is 98.6 Å². The normalized spacial score (nSPS) is 9.47. The molecular formula is C10H9ClN2OS. The molecule has 0 unspecified atom stereocenters. The number of hydrogen-bond donors (Lipinski definition) is 0. The molecule has 0 amide bonds. The number of aromatic nitrogens is 1. The smallest absolute Gasteiger partial charge is 0.193 e. The third-order valence-electron chi connectivity index (χ3n) is 1.78. The Morgan fingerprint density at radius 3 is 2.93 bits per heavy atom. The molecule has 1 heterocycles. The van der Waals surface area contributed by atoms with Crippen LogP contribution in [0.2, 0.25) is 5.15 Å². The highest BCUT2D eigenvalue weighted by Gasteiger charge is 2.11. The summed E-state index contributed by atoms with van der Waals surface area (Å²) in [6, 6.07) is 3.55. The number of nitriles is 1. The summed E-state index contributed by atoms with van der Waals surface area (Å²) in [7, 11) is 0. The van der Waals surface area contributed by atoms with Gasteiger partial charge in [-0.3, -0.25) is 0 Å². The number of ether oxygens (including phenoxy) is 1. The van der Waals surface area contributed by atoms with Crippen LogP contribution in [-0.2, 0) is 4.74 Å². The van der Waals surface area contributed by atoms with Crippen molar-refractivity contribution in [2.24, 2.45) is 0 Å². The Balaban J connectivity index is 3.20. The monoisotopic (exact) mass is 240 g/mol. The van der Waals surface area contributed by atoms with E-state index in [-0.39, 0.29) is 5.15 Å². The number of nitrogens with zero attached hydrogens (tertiary/aromatic N) is 2. The zero-order valence-electron chi connectivity index (χ0n) is 8.37. The van der Waals surface area contributed by atoms with E-state index in [0.717, 1.165) is 0 Å². The number of halogens is 1. The predicted octanol–water partition coefficient (Wildman–Crippen LogP) is 2.63. The molecule has 0 saturated heterocycles. The number of rotatable bonds is 2. The lowest BCUT2D eigenvalue weighted by atomic mass is 10.1. The second-order valence-electron chi connectivity index (χ2n) is 2.79. The molecule has 1 rings (SSSR count). The molecule has 15 heavy (non-hydrogen) atoms. The topological polar surface area (TPSA) is 45.9 Å². The van der Waals surface area contributed by atoms with Crippen LogP contribution < -0.4 is 0 Å². The maximum absolute atomic E-state index is 8.79. The van der Waals surface area contributed by atoms with E-state index >= 15 is 0 Å². The molecule has 78 valence electrons. The van der Waals surface area contributed by atoms with Crippen LogP contribution in [0.3, 0.4) is 0 Å². The van der Waals surface area contributed by atoms with Gasteiger partial charge in [0.1, 0.15) is 11.2 Å². The Morgan fingerprint density at radius 2 is 2.40 bits per heavy atom. The first-order valence-corrected chi connectivity index (χ1v) is 5.13. The van der Waals surface area contributed by atoms with Crippen LogP contribution in [0.25, 0.3) is 0 Å². The van der Waals surface area contributed by atoms with Gasteiger partial charge in [0.2, 0.25) is 0 Å². The summed E-state index contributed by atoms with van der Waals surface area (Å²) < 4.78 is 5.19. The standard InChI is InChI=1S/C10H9ClN2OS/c1-3-14-10(15)8-4-7(5-12)9(11)13-6(8)2/h4H,3H2,1-2H3. The third-order valence-corrected chi connectivity index (χ3v) is 2.41. The molecule has 0 N–H and O–H groups in total. The summed E-state index contributed by atoms with van der Waals surface area (Å²) in [5.74, 6) is 0. The van der Waals surface area contributed by atoms with E-state index in [4.69, 9.17) is 33.8 Å². The van der Waals surface area contributed by atoms with Crippen LogP contribution in [0.15, 0.2) is 6.07 Å². The molecule has 0 aliphatic carbocycles. The summed E-state index contributed by atoms with van der Waals surface area (Å²) >= 11 is 10.8. The molecule has 1 aromatic heterocycles. The van der Waals surface area contributed by atoms with E-state index < -0.39 is 0 Å². The van der Waals surface area contributed by atoms with E-state index in [1.54, 1.807) is 13.0 Å². The van der Waals surface area contributed by atoms with Crippen molar-refractivity contribution in [3.63, 3.8) is 0 Å². The molecule has 0 atom stereocenters. The highest BCUT2D eigenvalue weighted by atomic mass is 35.5. The molecule has 0 aliphatic heterocycles. The molecule has 0 saturated carbocycles. The van der Waals surface area contributed by atoms with Crippen molar-refractivity contribution < 1.29 is 4.74 Å². The van der Waals surface area contributed by atoms with Gasteiger partial charge in [-0.25, -0.2) is 4.98 Å². The van der Waals surface area contributed by atoms with Crippen LogP contribution in [0, 0.1) is 18.3 Å². The fourth-order valence-electron chi connectivity index (χ4n) is 1.07. The zero-order chi connectivity index (χ0) is 11.4. The molecule has 0 fully saturated rings. The van der Waals surface area contributed by atoms with Crippen LogP contribution in [0.5, 0.6) is 0 Å². The minimum atomic E-state index is 0.193. The van der Waals surface area contributed by atoms with Crippen molar-refractivity contribution in [2.45, 2.75) is 13.8 Å². The van der Waals surface area contributed by atoms with E-state index in [1.165, 1.54) is 0 Å². The molecule has 0 radical (unpaired) electrons. The van der Waals surface area contributed by atoms with Crippen molar-refractivity contribution in [1.29, 1.82) is 5.26 Å². The Hall–Kier alpha value is -1.18. The second-order valence-corrected chi connectivity index (χ2v) is 3.52. The summed E-state index contributed by atoms with van der Waals surface area (Å²) in [5.41, 5.74) is 1.62. The lowest BCUT2D eigenvalue weighted by Gasteiger charge is -2.08. The number of pyridine rings is 1. The third kappa shape index (κ3) is 2.65. The maximum Gasteiger partial charge on any atom is 0.193 e. The van der Waals surface area contributed by atoms with Crippen molar-refractivity contribution in [2.75, 3.05) is 6.61 Å².